The standard InChI is InChI=1S/C18H20F3N5O3/c19-18(20,21)14-8-11(13-2-1-7-29-13)23-15-9-12(24-26(14)15)17(28)25-5-3-10(4-6-25)16(22)27/h1-2,7,9-11,14,23H,3-6,8H2,(H2,22,27)/t11-,14-/m0/s1. The summed E-state index contributed by atoms with van der Waals surface area (Å²) in [6.07, 6.45) is -2.58. The highest BCUT2D eigenvalue weighted by Crippen LogP contribution is 2.43. The largest absolute Gasteiger partial charge is 0.467 e. The Kier molecular flexibility index (Phi) is 4.75. The minimum atomic E-state index is -4.53. The topological polar surface area (TPSA) is 106 Å². The third-order valence-electron chi connectivity index (χ3n) is 5.48. The molecule has 2 atom stereocenters. The van der Waals surface area contributed by atoms with Gasteiger partial charge in [0.25, 0.3) is 5.91 Å². The normalized spacial score (nSPS) is 22.8. The van der Waals surface area contributed by atoms with E-state index in [2.05, 4.69) is 10.4 Å². The van der Waals surface area contributed by atoms with Gasteiger partial charge in [0.05, 0.1) is 12.3 Å². The van der Waals surface area contributed by atoms with Gasteiger partial charge in [0.1, 0.15) is 11.6 Å². The van der Waals surface area contributed by atoms with Crippen molar-refractivity contribution in [2.75, 3.05) is 18.4 Å². The zero-order valence-corrected chi connectivity index (χ0v) is 15.4. The molecule has 8 nitrogen and oxygen atoms in total. The molecular formula is C18H20F3N5O3. The molecule has 29 heavy (non-hydrogen) atoms. The highest BCUT2D eigenvalue weighted by Gasteiger charge is 2.47. The third kappa shape index (κ3) is 3.68. The van der Waals surface area contributed by atoms with E-state index in [1.165, 1.54) is 17.2 Å². The number of fused-ring (bicyclic) bond motifs is 1. The second-order valence-electron chi connectivity index (χ2n) is 7.33. The number of furan rings is 1. The Labute approximate surface area is 163 Å². The van der Waals surface area contributed by atoms with Crippen LogP contribution in [0, 0.1) is 5.92 Å². The predicted octanol–water partition coefficient (Wildman–Crippen LogP) is 2.47. The number of hydrogen-bond donors (Lipinski definition) is 2. The van der Waals surface area contributed by atoms with Gasteiger partial charge in [-0.3, -0.25) is 9.59 Å². The van der Waals surface area contributed by atoms with Crippen molar-refractivity contribution in [3.05, 3.63) is 35.9 Å². The lowest BCUT2D eigenvalue weighted by atomic mass is 9.96. The summed E-state index contributed by atoms with van der Waals surface area (Å²) in [7, 11) is 0. The van der Waals surface area contributed by atoms with Crippen molar-refractivity contribution in [3.8, 4) is 0 Å². The van der Waals surface area contributed by atoms with Gasteiger partial charge >= 0.3 is 6.18 Å². The van der Waals surface area contributed by atoms with E-state index < -0.39 is 30.1 Å². The SMILES string of the molecule is NC(=O)C1CCN(C(=O)c2cc3n(n2)[C@H](C(F)(F)F)C[C@@H](c2ccco2)N3)CC1. The molecule has 2 amide bonds. The number of carbonyl (C=O) groups excluding carboxylic acids is 2. The van der Waals surface area contributed by atoms with Crippen LogP contribution in [0.25, 0.3) is 0 Å². The van der Waals surface area contributed by atoms with Crippen LogP contribution in [0.1, 0.15) is 47.6 Å². The van der Waals surface area contributed by atoms with Crippen LogP contribution in [-0.4, -0.2) is 45.8 Å². The molecule has 156 valence electrons. The van der Waals surface area contributed by atoms with Gasteiger partial charge < -0.3 is 20.4 Å². The average molecular weight is 411 g/mol. The molecule has 0 aliphatic carbocycles. The summed E-state index contributed by atoms with van der Waals surface area (Å²) in [6, 6.07) is 1.98. The number of halogens is 3. The zero-order valence-electron chi connectivity index (χ0n) is 15.4. The number of piperidine rings is 1. The Morgan fingerprint density at radius 2 is 2.00 bits per heavy atom. The summed E-state index contributed by atoms with van der Waals surface area (Å²) in [5.41, 5.74) is 5.22. The van der Waals surface area contributed by atoms with Crippen molar-refractivity contribution in [1.82, 2.24) is 14.7 Å². The predicted molar refractivity (Wildman–Crippen MR) is 94.8 cm³/mol. The van der Waals surface area contributed by atoms with E-state index in [1.807, 2.05) is 0 Å². The van der Waals surface area contributed by atoms with Crippen LogP contribution in [-0.2, 0) is 4.79 Å². The molecule has 4 rings (SSSR count). The van der Waals surface area contributed by atoms with E-state index in [1.54, 1.807) is 12.1 Å². The Bertz CT molecular complexity index is 900. The highest BCUT2D eigenvalue weighted by molar-refractivity contribution is 5.93. The molecule has 0 aromatic carbocycles. The van der Waals surface area contributed by atoms with Crippen LogP contribution in [0.4, 0.5) is 19.0 Å². The van der Waals surface area contributed by atoms with Crippen molar-refractivity contribution in [1.29, 1.82) is 0 Å². The molecule has 2 aliphatic rings. The van der Waals surface area contributed by atoms with E-state index in [-0.39, 0.29) is 23.9 Å². The summed E-state index contributed by atoms with van der Waals surface area (Å²) >= 11 is 0. The summed E-state index contributed by atoms with van der Waals surface area (Å²) in [5, 5.41) is 6.94. The molecule has 2 aliphatic heterocycles. The Morgan fingerprint density at radius 3 is 2.59 bits per heavy atom. The smallest absolute Gasteiger partial charge is 0.410 e. The number of nitrogens with zero attached hydrogens (tertiary/aromatic N) is 3. The van der Waals surface area contributed by atoms with Gasteiger partial charge in [0, 0.05) is 31.5 Å². The molecular weight excluding hydrogens is 391 g/mol. The van der Waals surface area contributed by atoms with Crippen molar-refractivity contribution >= 4 is 17.6 Å². The highest BCUT2D eigenvalue weighted by atomic mass is 19.4. The zero-order chi connectivity index (χ0) is 20.8. The van der Waals surface area contributed by atoms with Crippen LogP contribution >= 0.6 is 0 Å². The van der Waals surface area contributed by atoms with Crippen molar-refractivity contribution in [2.45, 2.75) is 37.5 Å². The molecule has 4 heterocycles. The molecule has 0 unspecified atom stereocenters. The molecule has 0 saturated carbocycles. The Hall–Kier alpha value is -2.98. The molecule has 3 N–H and O–H groups in total. The third-order valence-corrected chi connectivity index (χ3v) is 5.48. The summed E-state index contributed by atoms with van der Waals surface area (Å²) < 4.78 is 47.1. The van der Waals surface area contributed by atoms with Crippen molar-refractivity contribution in [3.63, 3.8) is 0 Å². The Morgan fingerprint density at radius 1 is 1.28 bits per heavy atom. The van der Waals surface area contributed by atoms with Crippen molar-refractivity contribution in [2.24, 2.45) is 11.7 Å². The van der Waals surface area contributed by atoms with E-state index in [0.717, 1.165) is 4.68 Å². The first kappa shape index (κ1) is 19.3. The lowest BCUT2D eigenvalue weighted by Gasteiger charge is -2.32. The first-order valence-electron chi connectivity index (χ1n) is 9.29. The van der Waals surface area contributed by atoms with E-state index in [4.69, 9.17) is 10.2 Å². The summed E-state index contributed by atoms with van der Waals surface area (Å²) in [4.78, 5) is 25.5. The van der Waals surface area contributed by atoms with Crippen molar-refractivity contribution < 1.29 is 27.2 Å². The number of rotatable bonds is 3. The maximum atomic E-state index is 13.7. The maximum Gasteiger partial charge on any atom is 0.410 e. The number of alkyl halides is 3. The van der Waals surface area contributed by atoms with Crippen LogP contribution in [0.15, 0.2) is 28.9 Å². The lowest BCUT2D eigenvalue weighted by molar-refractivity contribution is -0.174. The number of amides is 2. The number of carbonyl (C=O) groups is 2. The first-order valence-corrected chi connectivity index (χ1v) is 9.29. The summed E-state index contributed by atoms with van der Waals surface area (Å²) in [6.45, 7) is 0.611. The Balaban J connectivity index is 1.58. The molecule has 0 radical (unpaired) electrons. The molecule has 11 heteroatoms. The van der Waals surface area contributed by atoms with Crippen LogP contribution in [0.2, 0.25) is 0 Å². The van der Waals surface area contributed by atoms with E-state index in [9.17, 15) is 22.8 Å². The average Bonchev–Trinajstić information content (AvgIpc) is 3.35. The maximum absolute atomic E-state index is 13.7. The second-order valence-corrected chi connectivity index (χ2v) is 7.33. The van der Waals surface area contributed by atoms with E-state index >= 15 is 0 Å². The number of aromatic nitrogens is 2. The van der Waals surface area contributed by atoms with Gasteiger partial charge in [-0.25, -0.2) is 4.68 Å². The summed E-state index contributed by atoms with van der Waals surface area (Å²) in [5.74, 6) is -0.675. The first-order chi connectivity index (χ1) is 13.7. The number of anilines is 1. The molecule has 2 aromatic heterocycles. The fraction of sp³-hybridized carbons (Fsp3) is 0.500. The van der Waals surface area contributed by atoms with Gasteiger partial charge in [-0.05, 0) is 25.0 Å². The molecule has 1 fully saturated rings. The lowest BCUT2D eigenvalue weighted by Crippen LogP contribution is -2.42. The fourth-order valence-electron chi connectivity index (χ4n) is 3.88. The molecule has 0 spiro atoms. The van der Waals surface area contributed by atoms with Gasteiger partial charge in [0.15, 0.2) is 11.7 Å². The number of nitrogens with two attached hydrogens (primary N) is 1. The molecule has 1 saturated heterocycles. The minimum absolute atomic E-state index is 0.0700. The molecule has 0 bridgehead atoms. The second kappa shape index (κ2) is 7.12. The van der Waals surface area contributed by atoms with Crippen LogP contribution < -0.4 is 11.1 Å². The monoisotopic (exact) mass is 411 g/mol. The minimum Gasteiger partial charge on any atom is -0.467 e. The van der Waals surface area contributed by atoms with Crippen LogP contribution in [0.3, 0.4) is 0 Å². The molecule has 2 aromatic rings. The fourth-order valence-corrected chi connectivity index (χ4v) is 3.88. The van der Waals surface area contributed by atoms with E-state index in [0.29, 0.717) is 31.7 Å². The number of likely N-dealkylation sites (tertiary alicyclic amines) is 1. The van der Waals surface area contributed by atoms with Gasteiger partial charge in [-0.15, -0.1) is 0 Å². The quantitative estimate of drug-likeness (QED) is 0.807. The van der Waals surface area contributed by atoms with Gasteiger partial charge in [-0.1, -0.05) is 0 Å². The van der Waals surface area contributed by atoms with Gasteiger partial charge in [-0.2, -0.15) is 18.3 Å². The van der Waals surface area contributed by atoms with Crippen LogP contribution in [0.5, 0.6) is 0 Å². The van der Waals surface area contributed by atoms with Gasteiger partial charge in [0.2, 0.25) is 5.91 Å². The number of hydrogen-bond acceptors (Lipinski definition) is 5. The number of nitrogens with one attached hydrogen (secondary N) is 1. The number of primary amides is 1.